The molecule has 2 aromatic carbocycles. The normalized spacial score (nSPS) is 10.6. The topological polar surface area (TPSA) is 58.2 Å². The lowest BCUT2D eigenvalue weighted by molar-refractivity contribution is -0.122. The Bertz CT molecular complexity index is 686. The second-order valence-corrected chi connectivity index (χ2v) is 7.79. The Hall–Kier alpha value is -2.62. The predicted molar refractivity (Wildman–Crippen MR) is 118 cm³/mol. The Morgan fingerprint density at radius 1 is 0.586 bits per heavy atom. The van der Waals surface area contributed by atoms with E-state index in [0.29, 0.717) is 25.9 Å². The molecule has 0 bridgehead atoms. The first-order valence-electron chi connectivity index (χ1n) is 10.7. The van der Waals surface area contributed by atoms with E-state index in [1.54, 1.807) is 0 Å². The van der Waals surface area contributed by atoms with E-state index in [1.165, 1.54) is 11.1 Å². The van der Waals surface area contributed by atoms with Gasteiger partial charge in [-0.1, -0.05) is 78.9 Å². The van der Waals surface area contributed by atoms with Crippen LogP contribution in [0.4, 0.5) is 0 Å². The van der Waals surface area contributed by atoms with Gasteiger partial charge >= 0.3 is 0 Å². The second kappa shape index (κ2) is 12.8. The Balaban J connectivity index is 1.44. The second-order valence-electron chi connectivity index (χ2n) is 7.79. The van der Waals surface area contributed by atoms with Crippen LogP contribution in [0.2, 0.25) is 0 Å². The number of amides is 2. The van der Waals surface area contributed by atoms with Crippen LogP contribution < -0.4 is 10.6 Å². The minimum Gasteiger partial charge on any atom is -0.352 e. The molecule has 2 aromatic rings. The molecule has 0 saturated heterocycles. The van der Waals surface area contributed by atoms with Crippen LogP contribution in [0.5, 0.6) is 0 Å². The summed E-state index contributed by atoms with van der Waals surface area (Å²) in [4.78, 5) is 23.8. The van der Waals surface area contributed by atoms with Gasteiger partial charge in [0.2, 0.25) is 11.8 Å². The summed E-state index contributed by atoms with van der Waals surface area (Å²) in [6, 6.07) is 16.4. The number of hydrogen-bond acceptors (Lipinski definition) is 2. The zero-order valence-electron chi connectivity index (χ0n) is 17.8. The van der Waals surface area contributed by atoms with Gasteiger partial charge in [0.05, 0.1) is 0 Å². The van der Waals surface area contributed by atoms with E-state index >= 15 is 0 Å². The van der Waals surface area contributed by atoms with Crippen molar-refractivity contribution < 1.29 is 9.59 Å². The van der Waals surface area contributed by atoms with Crippen LogP contribution in [-0.2, 0) is 22.7 Å². The number of rotatable bonds is 12. The number of hydrogen-bond donors (Lipinski definition) is 2. The molecule has 0 spiro atoms. The lowest BCUT2D eigenvalue weighted by Crippen LogP contribution is -2.22. The zero-order valence-corrected chi connectivity index (χ0v) is 17.8. The van der Waals surface area contributed by atoms with Crippen molar-refractivity contribution in [3.63, 3.8) is 0 Å². The van der Waals surface area contributed by atoms with Crippen molar-refractivity contribution in [2.24, 2.45) is 0 Å². The summed E-state index contributed by atoms with van der Waals surface area (Å²) in [5.74, 6) is 0.224. The highest BCUT2D eigenvalue weighted by molar-refractivity contribution is 5.76. The van der Waals surface area contributed by atoms with Gasteiger partial charge < -0.3 is 10.6 Å². The fourth-order valence-corrected chi connectivity index (χ4v) is 3.09. The molecule has 29 heavy (non-hydrogen) atoms. The average molecular weight is 395 g/mol. The Labute approximate surface area is 175 Å². The van der Waals surface area contributed by atoms with Crippen molar-refractivity contribution >= 4 is 11.8 Å². The molecule has 4 nitrogen and oxygen atoms in total. The third-order valence-corrected chi connectivity index (χ3v) is 5.03. The van der Waals surface area contributed by atoms with Crippen LogP contribution in [0.25, 0.3) is 0 Å². The monoisotopic (exact) mass is 394 g/mol. The summed E-state index contributed by atoms with van der Waals surface area (Å²) in [5, 5.41) is 5.95. The third kappa shape index (κ3) is 9.93. The van der Waals surface area contributed by atoms with Crippen LogP contribution in [0.15, 0.2) is 48.5 Å². The molecule has 0 unspecified atom stereocenters. The van der Waals surface area contributed by atoms with E-state index in [0.717, 1.165) is 43.2 Å². The number of carbonyl (C=O) groups is 2. The van der Waals surface area contributed by atoms with E-state index in [-0.39, 0.29) is 11.8 Å². The molecule has 2 rings (SSSR count). The lowest BCUT2D eigenvalue weighted by atomic mass is 10.1. The highest BCUT2D eigenvalue weighted by Crippen LogP contribution is 2.08. The van der Waals surface area contributed by atoms with Crippen molar-refractivity contribution in [1.29, 1.82) is 0 Å². The summed E-state index contributed by atoms with van der Waals surface area (Å²) < 4.78 is 0. The highest BCUT2D eigenvalue weighted by Gasteiger charge is 2.03. The van der Waals surface area contributed by atoms with Crippen molar-refractivity contribution in [1.82, 2.24) is 10.6 Å². The number of carbonyl (C=O) groups excluding carboxylic acids is 2. The van der Waals surface area contributed by atoms with E-state index in [2.05, 4.69) is 48.7 Å². The first-order chi connectivity index (χ1) is 14.0. The van der Waals surface area contributed by atoms with E-state index in [1.807, 2.05) is 24.3 Å². The Kier molecular flexibility index (Phi) is 9.98. The average Bonchev–Trinajstić information content (AvgIpc) is 2.72. The first kappa shape index (κ1) is 22.7. The molecule has 0 atom stereocenters. The summed E-state index contributed by atoms with van der Waals surface area (Å²) in [5.41, 5.74) is 4.71. The fourth-order valence-electron chi connectivity index (χ4n) is 3.09. The molecule has 0 aliphatic rings. The molecule has 0 saturated carbocycles. The van der Waals surface area contributed by atoms with Crippen LogP contribution in [0.1, 0.15) is 67.2 Å². The van der Waals surface area contributed by atoms with Crippen molar-refractivity contribution in [2.75, 3.05) is 0 Å². The maximum atomic E-state index is 11.9. The van der Waals surface area contributed by atoms with Gasteiger partial charge in [-0.3, -0.25) is 9.59 Å². The molecular weight excluding hydrogens is 360 g/mol. The molecule has 4 heteroatoms. The molecular formula is C25H34N2O2. The molecule has 2 amide bonds. The fraction of sp³-hybridized carbons (Fsp3) is 0.440. The van der Waals surface area contributed by atoms with Gasteiger partial charge in [-0.25, -0.2) is 0 Å². The van der Waals surface area contributed by atoms with Crippen molar-refractivity contribution in [3.05, 3.63) is 70.8 Å². The third-order valence-electron chi connectivity index (χ3n) is 5.03. The van der Waals surface area contributed by atoms with E-state index < -0.39 is 0 Å². The first-order valence-corrected chi connectivity index (χ1v) is 10.7. The molecule has 0 radical (unpaired) electrons. The standard InChI is InChI=1S/C25H34N2O2/c1-20-10-14-22(15-11-20)18-26-24(28)8-6-4-3-5-7-9-25(29)27-19-23-16-12-21(2)13-17-23/h10-17H,3-9,18-19H2,1-2H3,(H,26,28)(H,27,29). The van der Waals surface area contributed by atoms with E-state index in [4.69, 9.17) is 0 Å². The molecule has 0 aliphatic heterocycles. The number of aryl methyl sites for hydroxylation is 2. The molecule has 0 fully saturated rings. The lowest BCUT2D eigenvalue weighted by Gasteiger charge is -2.07. The van der Waals surface area contributed by atoms with Gasteiger partial charge in [0.25, 0.3) is 0 Å². The maximum Gasteiger partial charge on any atom is 0.220 e. The van der Waals surface area contributed by atoms with Gasteiger partial charge in [-0.05, 0) is 37.8 Å². The molecule has 156 valence electrons. The summed E-state index contributed by atoms with van der Waals surface area (Å²) in [6.07, 6.45) is 6.08. The van der Waals surface area contributed by atoms with Gasteiger partial charge in [0.15, 0.2) is 0 Å². The SMILES string of the molecule is Cc1ccc(CNC(=O)CCCCCCCC(=O)NCc2ccc(C)cc2)cc1. The number of benzene rings is 2. The Morgan fingerprint density at radius 2 is 0.931 bits per heavy atom. The smallest absolute Gasteiger partial charge is 0.220 e. The van der Waals surface area contributed by atoms with Crippen LogP contribution in [0.3, 0.4) is 0 Å². The van der Waals surface area contributed by atoms with Crippen LogP contribution in [0, 0.1) is 13.8 Å². The zero-order chi connectivity index (χ0) is 20.9. The van der Waals surface area contributed by atoms with Gasteiger partial charge in [-0.2, -0.15) is 0 Å². The predicted octanol–water partition coefficient (Wildman–Crippen LogP) is 4.97. The maximum absolute atomic E-state index is 11.9. The largest absolute Gasteiger partial charge is 0.352 e. The Morgan fingerprint density at radius 3 is 1.31 bits per heavy atom. The highest BCUT2D eigenvalue weighted by atomic mass is 16.2. The van der Waals surface area contributed by atoms with Gasteiger partial charge in [0.1, 0.15) is 0 Å². The number of unbranched alkanes of at least 4 members (excludes halogenated alkanes) is 4. The van der Waals surface area contributed by atoms with Crippen LogP contribution in [-0.4, -0.2) is 11.8 Å². The van der Waals surface area contributed by atoms with Gasteiger partial charge in [-0.15, -0.1) is 0 Å². The summed E-state index contributed by atoms with van der Waals surface area (Å²) >= 11 is 0. The van der Waals surface area contributed by atoms with E-state index in [9.17, 15) is 9.59 Å². The van der Waals surface area contributed by atoms with Crippen molar-refractivity contribution in [2.45, 2.75) is 71.9 Å². The summed E-state index contributed by atoms with van der Waals surface area (Å²) in [6.45, 7) is 5.30. The quantitative estimate of drug-likeness (QED) is 0.500. The van der Waals surface area contributed by atoms with Gasteiger partial charge in [0, 0.05) is 25.9 Å². The van der Waals surface area contributed by atoms with Crippen molar-refractivity contribution in [3.8, 4) is 0 Å². The minimum absolute atomic E-state index is 0.112. The minimum atomic E-state index is 0.112. The molecule has 0 heterocycles. The van der Waals surface area contributed by atoms with Crippen LogP contribution >= 0.6 is 0 Å². The number of nitrogens with one attached hydrogen (secondary N) is 2. The molecule has 2 N–H and O–H groups in total. The molecule has 0 aromatic heterocycles. The summed E-state index contributed by atoms with van der Waals surface area (Å²) in [7, 11) is 0. The molecule has 0 aliphatic carbocycles.